The maximum Gasteiger partial charge on any atom is 0.187 e. The van der Waals surface area contributed by atoms with Crippen LogP contribution in [-0.2, 0) is 35.8 Å². The van der Waals surface area contributed by atoms with Crippen LogP contribution in [0.4, 0.5) is 0 Å². The average Bonchev–Trinajstić information content (AvgIpc) is 2.71. The molecule has 0 saturated carbocycles. The predicted molar refractivity (Wildman–Crippen MR) is 112 cm³/mol. The molecule has 7 heteroatoms. The van der Waals surface area contributed by atoms with E-state index in [0.717, 1.165) is 26.3 Å². The van der Waals surface area contributed by atoms with Crippen LogP contribution in [0.1, 0.15) is 13.8 Å². The molecule has 0 aromatic carbocycles. The quantitative estimate of drug-likeness (QED) is 0.397. The fourth-order valence-electron chi connectivity index (χ4n) is 2.11. The molecular weight excluding hydrogens is 415 g/mol. The third kappa shape index (κ3) is 12.8. The number of hydrogen-bond donors (Lipinski definition) is 2. The summed E-state index contributed by atoms with van der Waals surface area (Å²) < 4.78 is 10.3. The molecule has 161 valence electrons. The van der Waals surface area contributed by atoms with Gasteiger partial charge < -0.3 is 20.1 Å². The van der Waals surface area contributed by atoms with Crippen molar-refractivity contribution in [2.45, 2.75) is 13.8 Å². The Bertz CT molecular complexity index is 618. The summed E-state index contributed by atoms with van der Waals surface area (Å²) >= 11 is 0. The van der Waals surface area contributed by atoms with Gasteiger partial charge in [0.2, 0.25) is 0 Å². The van der Waals surface area contributed by atoms with E-state index < -0.39 is 0 Å². The largest absolute Gasteiger partial charge is 0.388 e. The number of rotatable bonds is 10. The molecule has 0 aromatic rings. The Morgan fingerprint density at radius 1 is 0.724 bits per heavy atom. The second-order valence-electron chi connectivity index (χ2n) is 5.67. The van der Waals surface area contributed by atoms with Crippen LogP contribution >= 0.6 is 0 Å². The number of nitrogens with one attached hydrogen (secondary N) is 2. The van der Waals surface area contributed by atoms with Crippen LogP contribution in [0.2, 0.25) is 0 Å². The van der Waals surface area contributed by atoms with Gasteiger partial charge in [0.25, 0.3) is 0 Å². The number of ether oxygens (including phenoxy) is 2. The Hall–Kier alpha value is -2.19. The SMILES string of the molecule is CCOCCNC=C1C=CC=CC1=O.CCOCCNC=C1C=CC=CC1=O.[Co]. The first-order valence-corrected chi connectivity index (χ1v) is 9.49. The van der Waals surface area contributed by atoms with Gasteiger partial charge in [0, 0.05) is 66.6 Å². The van der Waals surface area contributed by atoms with E-state index in [2.05, 4.69) is 10.6 Å². The monoisotopic (exact) mass is 445 g/mol. The summed E-state index contributed by atoms with van der Waals surface area (Å²) in [6.45, 7) is 8.12. The molecule has 1 radical (unpaired) electrons. The van der Waals surface area contributed by atoms with Gasteiger partial charge >= 0.3 is 0 Å². The van der Waals surface area contributed by atoms with Crippen LogP contribution in [0.15, 0.2) is 72.2 Å². The van der Waals surface area contributed by atoms with E-state index in [-0.39, 0.29) is 28.3 Å². The first-order valence-electron chi connectivity index (χ1n) is 9.49. The molecule has 0 saturated heterocycles. The first-order chi connectivity index (χ1) is 13.7. The van der Waals surface area contributed by atoms with Gasteiger partial charge in [-0.25, -0.2) is 0 Å². The van der Waals surface area contributed by atoms with E-state index in [1.54, 1.807) is 48.9 Å². The molecule has 0 bridgehead atoms. The molecule has 0 fully saturated rings. The van der Waals surface area contributed by atoms with Crippen LogP contribution in [0.5, 0.6) is 0 Å². The van der Waals surface area contributed by atoms with Crippen molar-refractivity contribution in [2.24, 2.45) is 0 Å². The Labute approximate surface area is 183 Å². The number of ketones is 2. The summed E-state index contributed by atoms with van der Waals surface area (Å²) in [7, 11) is 0. The van der Waals surface area contributed by atoms with Gasteiger partial charge in [-0.05, 0) is 38.2 Å². The van der Waals surface area contributed by atoms with Gasteiger partial charge in [-0.3, -0.25) is 9.59 Å². The number of carbonyl (C=O) groups is 2. The zero-order valence-corrected chi connectivity index (χ0v) is 18.0. The smallest absolute Gasteiger partial charge is 0.187 e. The van der Waals surface area contributed by atoms with E-state index in [1.165, 1.54) is 0 Å². The number of carbonyl (C=O) groups excluding carboxylic acids is 2. The molecule has 29 heavy (non-hydrogen) atoms. The summed E-state index contributed by atoms with van der Waals surface area (Å²) in [6.07, 6.45) is 17.3. The van der Waals surface area contributed by atoms with E-state index in [4.69, 9.17) is 9.47 Å². The maximum atomic E-state index is 11.2. The molecule has 2 aliphatic carbocycles. The summed E-state index contributed by atoms with van der Waals surface area (Å²) in [4.78, 5) is 22.5. The van der Waals surface area contributed by atoms with E-state index >= 15 is 0 Å². The van der Waals surface area contributed by atoms with Crippen molar-refractivity contribution in [3.63, 3.8) is 0 Å². The summed E-state index contributed by atoms with van der Waals surface area (Å²) in [5, 5.41) is 6.05. The molecule has 6 nitrogen and oxygen atoms in total. The molecule has 0 atom stereocenters. The van der Waals surface area contributed by atoms with E-state index in [1.807, 2.05) is 26.0 Å². The second kappa shape index (κ2) is 17.9. The minimum absolute atomic E-state index is 0. The summed E-state index contributed by atoms with van der Waals surface area (Å²) in [5.41, 5.74) is 1.37. The molecule has 2 N–H and O–H groups in total. The molecular formula is C22H30CoN2O4. The minimum atomic E-state index is 0. The van der Waals surface area contributed by atoms with E-state index in [0.29, 0.717) is 24.4 Å². The van der Waals surface area contributed by atoms with E-state index in [9.17, 15) is 9.59 Å². The standard InChI is InChI=1S/2C11H15NO2.Co/c2*1-2-14-8-7-12-9-10-5-3-4-6-11(10)13;/h2*3-6,9,12H,2,7-8H2,1H3;. The van der Waals surface area contributed by atoms with Crippen LogP contribution in [0.25, 0.3) is 0 Å². The van der Waals surface area contributed by atoms with Gasteiger partial charge in [0.05, 0.1) is 13.2 Å². The Morgan fingerprint density at radius 2 is 1.10 bits per heavy atom. The van der Waals surface area contributed by atoms with Crippen LogP contribution in [0.3, 0.4) is 0 Å². The zero-order chi connectivity index (χ0) is 20.5. The predicted octanol–water partition coefficient (Wildman–Crippen LogP) is 2.38. The van der Waals surface area contributed by atoms with Gasteiger partial charge in [-0.1, -0.05) is 24.3 Å². The van der Waals surface area contributed by atoms with Gasteiger partial charge in [0.15, 0.2) is 11.6 Å². The summed E-state index contributed by atoms with van der Waals surface area (Å²) in [5.74, 6) is 0.0767. The Morgan fingerprint density at radius 3 is 1.45 bits per heavy atom. The Balaban J connectivity index is 0.000000523. The molecule has 0 spiro atoms. The summed E-state index contributed by atoms with van der Waals surface area (Å²) in [6, 6.07) is 0. The molecule has 0 aromatic heterocycles. The molecule has 0 amide bonds. The van der Waals surface area contributed by atoms with Crippen molar-refractivity contribution in [1.82, 2.24) is 10.6 Å². The van der Waals surface area contributed by atoms with Crippen molar-refractivity contribution >= 4 is 11.6 Å². The van der Waals surface area contributed by atoms with Crippen molar-refractivity contribution in [2.75, 3.05) is 39.5 Å². The third-order valence-electron chi connectivity index (χ3n) is 3.54. The minimum Gasteiger partial charge on any atom is -0.388 e. The average molecular weight is 445 g/mol. The third-order valence-corrected chi connectivity index (χ3v) is 3.54. The van der Waals surface area contributed by atoms with Gasteiger partial charge in [-0.2, -0.15) is 0 Å². The van der Waals surface area contributed by atoms with Crippen LogP contribution in [0, 0.1) is 0 Å². The topological polar surface area (TPSA) is 76.7 Å². The van der Waals surface area contributed by atoms with Gasteiger partial charge in [-0.15, -0.1) is 0 Å². The first kappa shape index (κ1) is 26.8. The zero-order valence-electron chi connectivity index (χ0n) is 17.0. The van der Waals surface area contributed by atoms with Crippen molar-refractivity contribution in [3.8, 4) is 0 Å². The van der Waals surface area contributed by atoms with Crippen molar-refractivity contribution in [3.05, 3.63) is 72.2 Å². The Kier molecular flexibility index (Phi) is 16.5. The normalized spacial score (nSPS) is 17.2. The fraction of sp³-hybridized carbons (Fsp3) is 0.364. The second-order valence-corrected chi connectivity index (χ2v) is 5.67. The molecule has 0 heterocycles. The van der Waals surface area contributed by atoms with Crippen molar-refractivity contribution < 1.29 is 35.8 Å². The van der Waals surface area contributed by atoms with Gasteiger partial charge in [0.1, 0.15) is 0 Å². The van der Waals surface area contributed by atoms with Crippen LogP contribution < -0.4 is 10.6 Å². The number of allylic oxidation sites excluding steroid dienone is 10. The molecule has 0 aliphatic heterocycles. The van der Waals surface area contributed by atoms with Crippen molar-refractivity contribution in [1.29, 1.82) is 0 Å². The number of hydrogen-bond acceptors (Lipinski definition) is 6. The molecule has 2 aliphatic rings. The molecule has 0 unspecified atom stereocenters. The van der Waals surface area contributed by atoms with Crippen LogP contribution in [-0.4, -0.2) is 51.1 Å². The fourth-order valence-corrected chi connectivity index (χ4v) is 2.11. The maximum absolute atomic E-state index is 11.2. The molecule has 2 rings (SSSR count).